The van der Waals surface area contributed by atoms with Crippen LogP contribution in [-0.4, -0.2) is 5.97 Å². The molecule has 0 saturated heterocycles. The van der Waals surface area contributed by atoms with Gasteiger partial charge in [-0.2, -0.15) is 0 Å². The first-order valence-corrected chi connectivity index (χ1v) is 3.40. The Morgan fingerprint density at radius 2 is 2.33 bits per heavy atom. The van der Waals surface area contributed by atoms with Gasteiger partial charge in [0.05, 0.1) is 5.56 Å². The Kier molecular flexibility index (Phi) is 2.76. The smallest absolute Gasteiger partial charge is 0.326 e. The average Bonchev–Trinajstić information content (AvgIpc) is 2.17. The first-order chi connectivity index (χ1) is 5.77. The van der Waals surface area contributed by atoms with Crippen LogP contribution in [0.5, 0.6) is 0 Å². The van der Waals surface area contributed by atoms with Gasteiger partial charge >= 0.3 is 5.97 Å². The highest BCUT2D eigenvalue weighted by atomic mass is 19.3. The van der Waals surface area contributed by atoms with Crippen LogP contribution in [0.4, 0.5) is 4.53 Å². The zero-order valence-corrected chi connectivity index (χ0v) is 6.29. The number of rotatable bonds is 2. The first kappa shape index (κ1) is 8.67. The monoisotopic (exact) mass is 169 g/mol. The van der Waals surface area contributed by atoms with Gasteiger partial charge in [0.25, 0.3) is 0 Å². The highest BCUT2D eigenvalue weighted by molar-refractivity contribution is 5.89. The fraction of sp³-hybridized carbons (Fsp3) is 0.125. The Morgan fingerprint density at radius 3 is 2.92 bits per heavy atom. The van der Waals surface area contributed by atoms with Crippen molar-refractivity contribution < 1.29 is 14.3 Å². The summed E-state index contributed by atoms with van der Waals surface area (Å²) in [4.78, 5) is 13.7. The van der Waals surface area contributed by atoms with Gasteiger partial charge in [-0.1, -0.05) is 12.1 Å². The molecule has 0 aliphatic carbocycles. The zero-order chi connectivity index (χ0) is 8.97. The maximum absolute atomic E-state index is 11.4. The molecule has 0 aromatic heterocycles. The zero-order valence-electron chi connectivity index (χ0n) is 6.29. The molecule has 2 N–H and O–H groups in total. The van der Waals surface area contributed by atoms with E-state index in [0.29, 0.717) is 6.54 Å². The molecule has 64 valence electrons. The average molecular weight is 169 g/mol. The summed E-state index contributed by atoms with van der Waals surface area (Å²) in [5, 5.41) is 0. The summed E-state index contributed by atoms with van der Waals surface area (Å²) in [5.41, 5.74) is 6.24. The van der Waals surface area contributed by atoms with Crippen molar-refractivity contribution in [1.29, 1.82) is 0 Å². The van der Waals surface area contributed by atoms with Crippen LogP contribution < -0.4 is 5.73 Å². The number of carbonyl (C=O) groups excluding carboxylic acids is 1. The molecule has 12 heavy (non-hydrogen) atoms. The fourth-order valence-electron chi connectivity index (χ4n) is 0.870. The van der Waals surface area contributed by atoms with E-state index in [2.05, 4.69) is 4.94 Å². The molecule has 1 aromatic carbocycles. The summed E-state index contributed by atoms with van der Waals surface area (Å²) >= 11 is 0. The van der Waals surface area contributed by atoms with Crippen LogP contribution in [0.1, 0.15) is 15.9 Å². The van der Waals surface area contributed by atoms with Gasteiger partial charge in [0.2, 0.25) is 0 Å². The Balaban J connectivity index is 2.93. The number of hydrogen-bond acceptors (Lipinski definition) is 3. The highest BCUT2D eigenvalue weighted by Crippen LogP contribution is 2.06. The molecular formula is C8H8FNO2. The lowest BCUT2D eigenvalue weighted by molar-refractivity contribution is -0.0788. The van der Waals surface area contributed by atoms with Crippen molar-refractivity contribution >= 4 is 5.97 Å². The number of benzene rings is 1. The molecule has 0 aliphatic heterocycles. The number of nitrogens with two attached hydrogens (primary N) is 1. The van der Waals surface area contributed by atoms with Crippen molar-refractivity contribution in [3.05, 3.63) is 35.4 Å². The van der Waals surface area contributed by atoms with Crippen molar-refractivity contribution in [3.63, 3.8) is 0 Å². The number of hydrogen-bond donors (Lipinski definition) is 1. The van der Waals surface area contributed by atoms with Crippen LogP contribution in [0.3, 0.4) is 0 Å². The van der Waals surface area contributed by atoms with E-state index in [0.717, 1.165) is 5.56 Å². The molecule has 0 saturated carbocycles. The van der Waals surface area contributed by atoms with Gasteiger partial charge in [-0.25, -0.2) is 9.74 Å². The summed E-state index contributed by atoms with van der Waals surface area (Å²) in [6, 6.07) is 6.31. The normalized spacial score (nSPS) is 9.50. The molecule has 0 heterocycles. The van der Waals surface area contributed by atoms with Crippen molar-refractivity contribution in [3.8, 4) is 0 Å². The third-order valence-corrected chi connectivity index (χ3v) is 1.47. The van der Waals surface area contributed by atoms with E-state index in [1.165, 1.54) is 12.1 Å². The summed E-state index contributed by atoms with van der Waals surface area (Å²) < 4.78 is 11.4. The molecule has 0 unspecified atom stereocenters. The predicted molar refractivity (Wildman–Crippen MR) is 40.9 cm³/mol. The van der Waals surface area contributed by atoms with Gasteiger partial charge in [0.1, 0.15) is 0 Å². The lowest BCUT2D eigenvalue weighted by atomic mass is 10.1. The molecule has 0 fully saturated rings. The van der Waals surface area contributed by atoms with Crippen molar-refractivity contribution in [2.45, 2.75) is 6.54 Å². The molecule has 0 amide bonds. The largest absolute Gasteiger partial charge is 0.379 e. The molecular weight excluding hydrogens is 161 g/mol. The molecule has 0 bridgehead atoms. The standard InChI is InChI=1S/C8H8FNO2/c9-12-8(11)7-3-1-2-6(4-7)5-10/h1-4H,5,10H2. The van der Waals surface area contributed by atoms with Crippen molar-refractivity contribution in [2.24, 2.45) is 5.73 Å². The van der Waals surface area contributed by atoms with E-state index < -0.39 is 5.97 Å². The molecule has 1 rings (SSSR count). The second kappa shape index (κ2) is 3.82. The van der Waals surface area contributed by atoms with Gasteiger partial charge in [0, 0.05) is 11.1 Å². The molecule has 3 nitrogen and oxygen atoms in total. The Bertz CT molecular complexity index is 288. The fourth-order valence-corrected chi connectivity index (χ4v) is 0.870. The second-order valence-corrected chi connectivity index (χ2v) is 2.27. The topological polar surface area (TPSA) is 52.3 Å². The maximum atomic E-state index is 11.4. The molecule has 0 spiro atoms. The lowest BCUT2D eigenvalue weighted by Crippen LogP contribution is -2.02. The van der Waals surface area contributed by atoms with E-state index in [1.54, 1.807) is 12.1 Å². The summed E-state index contributed by atoms with van der Waals surface area (Å²) in [6.45, 7) is 0.313. The van der Waals surface area contributed by atoms with Crippen LogP contribution in [0.15, 0.2) is 24.3 Å². The third-order valence-electron chi connectivity index (χ3n) is 1.47. The number of carbonyl (C=O) groups is 1. The van der Waals surface area contributed by atoms with E-state index >= 15 is 0 Å². The highest BCUT2D eigenvalue weighted by Gasteiger charge is 2.06. The van der Waals surface area contributed by atoms with Gasteiger partial charge in [-0.05, 0) is 17.7 Å². The SMILES string of the molecule is NCc1cccc(C(=O)OF)c1. The van der Waals surface area contributed by atoms with Gasteiger partial charge < -0.3 is 5.73 Å². The summed E-state index contributed by atoms with van der Waals surface area (Å²) in [6.07, 6.45) is 0. The number of halogens is 1. The Morgan fingerprint density at radius 1 is 1.58 bits per heavy atom. The van der Waals surface area contributed by atoms with Crippen molar-refractivity contribution in [2.75, 3.05) is 0 Å². The van der Waals surface area contributed by atoms with Crippen LogP contribution in [0, 0.1) is 0 Å². The Hall–Kier alpha value is -1.42. The van der Waals surface area contributed by atoms with E-state index in [9.17, 15) is 9.32 Å². The van der Waals surface area contributed by atoms with Crippen LogP contribution in [0.2, 0.25) is 0 Å². The minimum absolute atomic E-state index is 0.167. The third kappa shape index (κ3) is 1.79. The summed E-state index contributed by atoms with van der Waals surface area (Å²) in [7, 11) is 0. The molecule has 1 aromatic rings. The minimum Gasteiger partial charge on any atom is -0.326 e. The van der Waals surface area contributed by atoms with Gasteiger partial charge in [0.15, 0.2) is 0 Å². The van der Waals surface area contributed by atoms with Gasteiger partial charge in [-0.3, -0.25) is 0 Å². The van der Waals surface area contributed by atoms with Gasteiger partial charge in [-0.15, -0.1) is 0 Å². The van der Waals surface area contributed by atoms with Crippen molar-refractivity contribution in [1.82, 2.24) is 0 Å². The van der Waals surface area contributed by atoms with Crippen LogP contribution in [0.25, 0.3) is 0 Å². The summed E-state index contributed by atoms with van der Waals surface area (Å²) in [5.74, 6) is -0.995. The minimum atomic E-state index is -0.995. The van der Waals surface area contributed by atoms with E-state index in [1.807, 2.05) is 0 Å². The molecule has 0 aliphatic rings. The predicted octanol–water partition coefficient (Wildman–Crippen LogP) is 1.19. The Labute approximate surface area is 68.8 Å². The van der Waals surface area contributed by atoms with Crippen LogP contribution >= 0.6 is 0 Å². The lowest BCUT2D eigenvalue weighted by Gasteiger charge is -1.98. The van der Waals surface area contributed by atoms with E-state index in [4.69, 9.17) is 5.73 Å². The maximum Gasteiger partial charge on any atom is 0.379 e. The first-order valence-electron chi connectivity index (χ1n) is 3.40. The molecule has 0 atom stereocenters. The van der Waals surface area contributed by atoms with Crippen LogP contribution in [-0.2, 0) is 11.5 Å². The quantitative estimate of drug-likeness (QED) is 0.723. The molecule has 0 radical (unpaired) electrons. The molecule has 4 heteroatoms. The van der Waals surface area contributed by atoms with E-state index in [-0.39, 0.29) is 5.56 Å². The second-order valence-electron chi connectivity index (χ2n) is 2.27.